The number of carboxylic acids is 2. The Morgan fingerprint density at radius 3 is 2.15 bits per heavy atom. The zero-order chi connectivity index (χ0) is 15.9. The van der Waals surface area contributed by atoms with Crippen LogP contribution in [-0.2, 0) is 14.4 Å². The number of aliphatic carboxylic acids is 2. The van der Waals surface area contributed by atoms with Crippen molar-refractivity contribution in [1.29, 1.82) is 0 Å². The van der Waals surface area contributed by atoms with E-state index >= 15 is 0 Å². The number of hydrogen-bond acceptors (Lipinski definition) is 4. The van der Waals surface area contributed by atoms with Crippen LogP contribution in [0.5, 0.6) is 0 Å². The Morgan fingerprint density at radius 1 is 1.20 bits per heavy atom. The summed E-state index contributed by atoms with van der Waals surface area (Å²) in [6.45, 7) is 1.68. The van der Waals surface area contributed by atoms with Crippen molar-refractivity contribution in [2.75, 3.05) is 20.6 Å². The van der Waals surface area contributed by atoms with Gasteiger partial charge in [-0.3, -0.25) is 9.59 Å². The van der Waals surface area contributed by atoms with Crippen LogP contribution in [0.15, 0.2) is 0 Å². The topological polar surface area (TPSA) is 136 Å². The second-order valence-corrected chi connectivity index (χ2v) is 4.33. The molecule has 0 aliphatic heterocycles. The van der Waals surface area contributed by atoms with Gasteiger partial charge < -0.3 is 25.7 Å². The van der Waals surface area contributed by atoms with E-state index in [0.717, 1.165) is 4.90 Å². The Balaban J connectivity index is 4.53. The van der Waals surface area contributed by atoms with Crippen molar-refractivity contribution in [3.05, 3.63) is 0 Å². The van der Waals surface area contributed by atoms with Crippen LogP contribution >= 0.6 is 0 Å². The van der Waals surface area contributed by atoms with Crippen LogP contribution in [0.4, 0.5) is 4.79 Å². The molecule has 0 aromatic carbocycles. The number of nitrogens with zero attached hydrogens (tertiary/aromatic N) is 1. The Bertz CT molecular complexity index is 398. The number of urea groups is 1. The number of hydrogen-bond donors (Lipinski definition) is 4. The summed E-state index contributed by atoms with van der Waals surface area (Å²) >= 11 is 0. The Kier molecular flexibility index (Phi) is 7.05. The van der Waals surface area contributed by atoms with Gasteiger partial charge in [-0.2, -0.15) is 0 Å². The molecule has 0 aromatic rings. The summed E-state index contributed by atoms with van der Waals surface area (Å²) in [5.74, 6) is -3.50. The van der Waals surface area contributed by atoms with Gasteiger partial charge in [0.15, 0.2) is 0 Å². The van der Waals surface area contributed by atoms with Crippen molar-refractivity contribution >= 4 is 23.9 Å². The maximum Gasteiger partial charge on any atom is 0.326 e. The first-order chi connectivity index (χ1) is 9.18. The highest BCUT2D eigenvalue weighted by molar-refractivity contribution is 5.86. The van der Waals surface area contributed by atoms with Gasteiger partial charge in [0.05, 0.1) is 12.3 Å². The molecule has 2 atom stereocenters. The molecule has 9 nitrogen and oxygen atoms in total. The molecular formula is C11H19N3O6. The van der Waals surface area contributed by atoms with Gasteiger partial charge in [0.1, 0.15) is 6.04 Å². The van der Waals surface area contributed by atoms with Crippen molar-refractivity contribution in [1.82, 2.24) is 15.5 Å². The van der Waals surface area contributed by atoms with Crippen molar-refractivity contribution in [3.8, 4) is 0 Å². The van der Waals surface area contributed by atoms with Gasteiger partial charge in [-0.25, -0.2) is 9.59 Å². The Hall–Kier alpha value is -2.32. The molecule has 3 amide bonds. The quantitative estimate of drug-likeness (QED) is 0.471. The number of nitrogens with one attached hydrogen (secondary N) is 2. The SMILES string of the molecule is CNC(=O)C(C)CN(C)C(=O)NC(CC(=O)O)C(=O)O. The fraction of sp³-hybridized carbons (Fsp3) is 0.636. The third kappa shape index (κ3) is 6.03. The fourth-order valence-corrected chi connectivity index (χ4v) is 1.46. The van der Waals surface area contributed by atoms with E-state index in [1.54, 1.807) is 6.92 Å². The van der Waals surface area contributed by atoms with Gasteiger partial charge in [-0.15, -0.1) is 0 Å². The van der Waals surface area contributed by atoms with Crippen molar-refractivity contribution < 1.29 is 29.4 Å². The molecule has 0 radical (unpaired) electrons. The second kappa shape index (κ2) is 7.97. The van der Waals surface area contributed by atoms with Gasteiger partial charge in [-0.1, -0.05) is 6.92 Å². The molecule has 0 rings (SSSR count). The minimum atomic E-state index is -1.52. The molecule has 0 aliphatic rings. The van der Waals surface area contributed by atoms with Crippen LogP contribution in [0.2, 0.25) is 0 Å². The third-order valence-electron chi connectivity index (χ3n) is 2.56. The van der Waals surface area contributed by atoms with E-state index in [1.165, 1.54) is 14.1 Å². The van der Waals surface area contributed by atoms with E-state index in [1.807, 2.05) is 0 Å². The van der Waals surface area contributed by atoms with E-state index in [0.29, 0.717) is 0 Å². The van der Waals surface area contributed by atoms with Crippen molar-refractivity contribution in [3.63, 3.8) is 0 Å². The van der Waals surface area contributed by atoms with E-state index in [4.69, 9.17) is 10.2 Å². The summed E-state index contributed by atoms with van der Waals surface area (Å²) in [6.07, 6.45) is -0.722. The lowest BCUT2D eigenvalue weighted by molar-refractivity contribution is -0.145. The average molecular weight is 289 g/mol. The summed E-state index contributed by atoms with van der Waals surface area (Å²) in [4.78, 5) is 45.4. The molecule has 0 saturated heterocycles. The lowest BCUT2D eigenvalue weighted by atomic mass is 10.1. The van der Waals surface area contributed by atoms with E-state index in [9.17, 15) is 19.2 Å². The summed E-state index contributed by atoms with van der Waals surface area (Å²) in [6, 6.07) is -2.27. The maximum absolute atomic E-state index is 11.7. The molecule has 2 unspecified atom stereocenters. The van der Waals surface area contributed by atoms with Crippen molar-refractivity contribution in [2.45, 2.75) is 19.4 Å². The minimum Gasteiger partial charge on any atom is -0.481 e. The maximum atomic E-state index is 11.7. The van der Waals surface area contributed by atoms with Crippen LogP contribution in [0, 0.1) is 5.92 Å². The first kappa shape index (κ1) is 17.7. The zero-order valence-electron chi connectivity index (χ0n) is 11.5. The normalized spacial score (nSPS) is 12.9. The molecule has 114 valence electrons. The highest BCUT2D eigenvalue weighted by atomic mass is 16.4. The van der Waals surface area contributed by atoms with Crippen LogP contribution in [0.25, 0.3) is 0 Å². The summed E-state index contributed by atoms with van der Waals surface area (Å²) in [5.41, 5.74) is 0. The molecular weight excluding hydrogens is 270 g/mol. The molecule has 4 N–H and O–H groups in total. The van der Waals surface area contributed by atoms with Crippen LogP contribution in [-0.4, -0.2) is 65.7 Å². The number of carbonyl (C=O) groups excluding carboxylic acids is 2. The standard InChI is InChI=1S/C11H19N3O6/c1-6(9(17)12-2)5-14(3)11(20)13-7(10(18)19)4-8(15)16/h6-7H,4-5H2,1-3H3,(H,12,17)(H,13,20)(H,15,16)(H,18,19). The molecule has 9 heteroatoms. The van der Waals surface area contributed by atoms with Gasteiger partial charge in [0.2, 0.25) is 5.91 Å². The van der Waals surface area contributed by atoms with Crippen molar-refractivity contribution in [2.24, 2.45) is 5.92 Å². The summed E-state index contributed by atoms with van der Waals surface area (Å²) in [7, 11) is 2.85. The third-order valence-corrected chi connectivity index (χ3v) is 2.56. The first-order valence-electron chi connectivity index (χ1n) is 5.86. The molecule has 0 spiro atoms. The van der Waals surface area contributed by atoms with Crippen LogP contribution in [0.1, 0.15) is 13.3 Å². The summed E-state index contributed by atoms with van der Waals surface area (Å²) < 4.78 is 0. The largest absolute Gasteiger partial charge is 0.481 e. The monoisotopic (exact) mass is 289 g/mol. The highest BCUT2D eigenvalue weighted by Gasteiger charge is 2.25. The average Bonchev–Trinajstić information content (AvgIpc) is 2.35. The van der Waals surface area contributed by atoms with E-state index < -0.39 is 36.4 Å². The lowest BCUT2D eigenvalue weighted by Crippen LogP contribution is -2.49. The molecule has 0 bridgehead atoms. The molecule has 20 heavy (non-hydrogen) atoms. The molecule has 0 aromatic heterocycles. The number of rotatable bonds is 7. The highest BCUT2D eigenvalue weighted by Crippen LogP contribution is 2.00. The molecule has 0 heterocycles. The predicted molar refractivity (Wildman–Crippen MR) is 68.1 cm³/mol. The number of amides is 3. The summed E-state index contributed by atoms with van der Waals surface area (Å²) in [5, 5.41) is 21.9. The number of carbonyl (C=O) groups is 4. The Labute approximate surface area is 115 Å². The molecule has 0 aliphatic carbocycles. The molecule has 0 fully saturated rings. The van der Waals surface area contributed by atoms with Gasteiger partial charge in [0.25, 0.3) is 0 Å². The Morgan fingerprint density at radius 2 is 1.75 bits per heavy atom. The van der Waals surface area contributed by atoms with E-state index in [2.05, 4.69) is 10.6 Å². The van der Waals surface area contributed by atoms with Gasteiger partial charge in [-0.05, 0) is 0 Å². The van der Waals surface area contributed by atoms with E-state index in [-0.39, 0.29) is 12.5 Å². The minimum absolute atomic E-state index is 0.0743. The lowest BCUT2D eigenvalue weighted by Gasteiger charge is -2.23. The first-order valence-corrected chi connectivity index (χ1v) is 5.86. The second-order valence-electron chi connectivity index (χ2n) is 4.33. The van der Waals surface area contributed by atoms with Gasteiger partial charge >= 0.3 is 18.0 Å². The fourth-order valence-electron chi connectivity index (χ4n) is 1.46. The molecule has 0 saturated carbocycles. The van der Waals surface area contributed by atoms with Crippen LogP contribution in [0.3, 0.4) is 0 Å². The smallest absolute Gasteiger partial charge is 0.326 e. The van der Waals surface area contributed by atoms with Crippen LogP contribution < -0.4 is 10.6 Å². The van der Waals surface area contributed by atoms with Gasteiger partial charge in [0, 0.05) is 20.6 Å². The zero-order valence-corrected chi connectivity index (χ0v) is 11.5. The number of carboxylic acid groups (broad SMARTS) is 2. The predicted octanol–water partition coefficient (Wildman–Crippen LogP) is -1.06.